The van der Waals surface area contributed by atoms with Crippen LogP contribution in [0.5, 0.6) is 0 Å². The highest BCUT2D eigenvalue weighted by molar-refractivity contribution is 7.98. The molecule has 0 spiro atoms. The molecule has 1 amide bonds. The van der Waals surface area contributed by atoms with Crippen molar-refractivity contribution in [1.29, 1.82) is 0 Å². The van der Waals surface area contributed by atoms with Gasteiger partial charge in [0.1, 0.15) is 12.1 Å². The van der Waals surface area contributed by atoms with Crippen LogP contribution >= 0.6 is 11.8 Å². The van der Waals surface area contributed by atoms with Crippen LogP contribution in [-0.2, 0) is 16.9 Å². The first-order chi connectivity index (χ1) is 17.5. The second kappa shape index (κ2) is 10.7. The number of thioether (sulfide) groups is 1. The lowest BCUT2D eigenvalue weighted by molar-refractivity contribution is -0.0587. The Kier molecular flexibility index (Phi) is 7.20. The first-order valence-electron chi connectivity index (χ1n) is 12.0. The van der Waals surface area contributed by atoms with Crippen molar-refractivity contribution >= 4 is 17.7 Å². The summed E-state index contributed by atoms with van der Waals surface area (Å²) < 4.78 is 13.5. The van der Waals surface area contributed by atoms with Gasteiger partial charge in [0.15, 0.2) is 10.9 Å². The minimum Gasteiger partial charge on any atom is -0.447 e. The van der Waals surface area contributed by atoms with Gasteiger partial charge in [-0.15, -0.1) is 10.2 Å². The molecule has 0 saturated carbocycles. The van der Waals surface area contributed by atoms with E-state index < -0.39 is 0 Å². The molecule has 2 atom stereocenters. The fourth-order valence-corrected chi connectivity index (χ4v) is 5.27. The first kappa shape index (κ1) is 24.3. The largest absolute Gasteiger partial charge is 0.447 e. The van der Waals surface area contributed by atoms with E-state index in [0.29, 0.717) is 36.8 Å². The van der Waals surface area contributed by atoms with Crippen LogP contribution in [0, 0.1) is 6.92 Å². The van der Waals surface area contributed by atoms with Gasteiger partial charge in [-0.1, -0.05) is 60.3 Å². The summed E-state index contributed by atoms with van der Waals surface area (Å²) in [6.07, 6.45) is 2.10. The molecule has 2 aromatic heterocycles. The van der Waals surface area contributed by atoms with E-state index in [-0.39, 0.29) is 18.1 Å². The van der Waals surface area contributed by atoms with Gasteiger partial charge < -0.3 is 14.1 Å². The highest BCUT2D eigenvalue weighted by Gasteiger charge is 2.28. The fourth-order valence-electron chi connectivity index (χ4n) is 4.45. The third kappa shape index (κ3) is 5.37. The number of benzene rings is 2. The molecule has 3 heterocycles. The van der Waals surface area contributed by atoms with Gasteiger partial charge in [-0.2, -0.15) is 0 Å². The molecule has 5 rings (SSSR count). The zero-order valence-corrected chi connectivity index (χ0v) is 21.4. The number of hydrogen-bond acceptors (Lipinski definition) is 7. The lowest BCUT2D eigenvalue weighted by Gasteiger charge is -2.34. The average molecular weight is 504 g/mol. The van der Waals surface area contributed by atoms with E-state index in [4.69, 9.17) is 9.15 Å². The van der Waals surface area contributed by atoms with E-state index >= 15 is 0 Å². The molecule has 0 bridgehead atoms. The summed E-state index contributed by atoms with van der Waals surface area (Å²) in [4.78, 5) is 19.2. The van der Waals surface area contributed by atoms with Gasteiger partial charge in [-0.3, -0.25) is 9.36 Å². The number of aromatic nitrogens is 4. The molecule has 2 unspecified atom stereocenters. The SMILES string of the molecule is Cc1ccccc1-n1c(Cc2ccccc2)nnc1SCc1nc(C(=O)N2CC(C)OC(C)C2)co1. The predicted octanol–water partition coefficient (Wildman–Crippen LogP) is 4.70. The Labute approximate surface area is 214 Å². The topological polar surface area (TPSA) is 86.3 Å². The van der Waals surface area contributed by atoms with E-state index in [1.54, 1.807) is 4.90 Å². The molecule has 1 fully saturated rings. The fraction of sp³-hybridized carbons (Fsp3) is 0.333. The van der Waals surface area contributed by atoms with E-state index in [2.05, 4.69) is 50.9 Å². The summed E-state index contributed by atoms with van der Waals surface area (Å²) >= 11 is 1.48. The lowest BCUT2D eigenvalue weighted by Crippen LogP contribution is -2.48. The Hall–Kier alpha value is -3.43. The van der Waals surface area contributed by atoms with Crippen LogP contribution in [0.2, 0.25) is 0 Å². The number of carbonyl (C=O) groups excluding carboxylic acids is 1. The summed E-state index contributed by atoms with van der Waals surface area (Å²) in [7, 11) is 0. The van der Waals surface area contributed by atoms with Crippen LogP contribution in [0.15, 0.2) is 70.4 Å². The molecule has 9 heteroatoms. The molecule has 0 radical (unpaired) electrons. The van der Waals surface area contributed by atoms with Gasteiger partial charge in [0.05, 0.1) is 23.6 Å². The van der Waals surface area contributed by atoms with E-state index in [0.717, 1.165) is 22.2 Å². The summed E-state index contributed by atoms with van der Waals surface area (Å²) in [5.74, 6) is 1.63. The van der Waals surface area contributed by atoms with Crippen LogP contribution in [0.3, 0.4) is 0 Å². The molecule has 8 nitrogen and oxygen atoms in total. The van der Waals surface area contributed by atoms with Crippen molar-refractivity contribution in [1.82, 2.24) is 24.6 Å². The minimum absolute atomic E-state index is 0.00230. The molecule has 1 aliphatic heterocycles. The van der Waals surface area contributed by atoms with Crippen molar-refractivity contribution in [2.24, 2.45) is 0 Å². The second-order valence-corrected chi connectivity index (χ2v) is 10.0. The van der Waals surface area contributed by atoms with Crippen molar-refractivity contribution in [2.45, 2.75) is 50.3 Å². The monoisotopic (exact) mass is 503 g/mol. The number of para-hydroxylation sites is 1. The summed E-state index contributed by atoms with van der Waals surface area (Å²) in [5.41, 5.74) is 3.65. The highest BCUT2D eigenvalue weighted by Crippen LogP contribution is 2.28. The number of morpholine rings is 1. The van der Waals surface area contributed by atoms with Crippen LogP contribution in [0.4, 0.5) is 0 Å². The maximum atomic E-state index is 12.9. The average Bonchev–Trinajstić information content (AvgIpc) is 3.50. The molecule has 1 aliphatic rings. The lowest BCUT2D eigenvalue weighted by atomic mass is 10.1. The van der Waals surface area contributed by atoms with Crippen LogP contribution in [-0.4, -0.2) is 55.9 Å². The third-order valence-electron chi connectivity index (χ3n) is 6.06. The third-order valence-corrected chi connectivity index (χ3v) is 6.98. The molecule has 0 aliphatic carbocycles. The van der Waals surface area contributed by atoms with Gasteiger partial charge in [0.2, 0.25) is 5.89 Å². The zero-order chi connectivity index (χ0) is 25.1. The first-order valence-corrected chi connectivity index (χ1v) is 13.0. The quantitative estimate of drug-likeness (QED) is 0.338. The standard InChI is InChI=1S/C27H29N5O3S/c1-18-9-7-8-12-23(18)32-24(13-21-10-5-4-6-11-21)29-30-27(32)36-17-25-28-22(16-34-25)26(33)31-14-19(2)35-20(3)15-31/h4-12,16,19-20H,13-15,17H2,1-3H3. The molecule has 4 aromatic rings. The number of carbonyl (C=O) groups is 1. The van der Waals surface area contributed by atoms with Gasteiger partial charge in [0.25, 0.3) is 5.91 Å². The maximum absolute atomic E-state index is 12.9. The van der Waals surface area contributed by atoms with Gasteiger partial charge >= 0.3 is 0 Å². The number of aryl methyl sites for hydroxylation is 1. The molecule has 0 N–H and O–H groups in total. The maximum Gasteiger partial charge on any atom is 0.275 e. The van der Waals surface area contributed by atoms with Gasteiger partial charge in [0, 0.05) is 19.5 Å². The number of ether oxygens (including phenoxy) is 1. The summed E-state index contributed by atoms with van der Waals surface area (Å²) in [6, 6.07) is 18.4. The summed E-state index contributed by atoms with van der Waals surface area (Å²) in [5, 5.41) is 9.76. The molecular weight excluding hydrogens is 474 g/mol. The van der Waals surface area contributed by atoms with Gasteiger partial charge in [-0.05, 0) is 38.0 Å². The predicted molar refractivity (Wildman–Crippen MR) is 137 cm³/mol. The van der Waals surface area contributed by atoms with E-state index in [1.165, 1.54) is 23.6 Å². The van der Waals surface area contributed by atoms with Crippen LogP contribution < -0.4 is 0 Å². The molecule has 1 saturated heterocycles. The number of hydrogen-bond donors (Lipinski definition) is 0. The Bertz CT molecular complexity index is 1330. The van der Waals surface area contributed by atoms with Crippen molar-refractivity contribution in [3.63, 3.8) is 0 Å². The van der Waals surface area contributed by atoms with E-state index in [1.807, 2.05) is 44.2 Å². The van der Waals surface area contributed by atoms with Crippen LogP contribution in [0.1, 0.15) is 47.2 Å². The zero-order valence-electron chi connectivity index (χ0n) is 20.6. The number of amides is 1. The molecule has 186 valence electrons. The highest BCUT2D eigenvalue weighted by atomic mass is 32.2. The van der Waals surface area contributed by atoms with E-state index in [9.17, 15) is 4.79 Å². The van der Waals surface area contributed by atoms with Crippen molar-refractivity contribution in [2.75, 3.05) is 13.1 Å². The second-order valence-electron chi connectivity index (χ2n) is 9.07. The Morgan fingerprint density at radius 1 is 1.03 bits per heavy atom. The molecule has 36 heavy (non-hydrogen) atoms. The number of rotatable bonds is 7. The van der Waals surface area contributed by atoms with Crippen molar-refractivity contribution < 1.29 is 13.9 Å². The minimum atomic E-state index is -0.134. The van der Waals surface area contributed by atoms with Crippen molar-refractivity contribution in [3.8, 4) is 5.69 Å². The molecule has 2 aromatic carbocycles. The Morgan fingerprint density at radius 2 is 1.75 bits per heavy atom. The van der Waals surface area contributed by atoms with Crippen LogP contribution in [0.25, 0.3) is 5.69 Å². The smallest absolute Gasteiger partial charge is 0.275 e. The molecular formula is C27H29N5O3S. The van der Waals surface area contributed by atoms with Crippen molar-refractivity contribution in [3.05, 3.63) is 89.4 Å². The Morgan fingerprint density at radius 3 is 2.50 bits per heavy atom. The normalized spacial score (nSPS) is 17.9. The number of oxazole rings is 1. The Balaban J connectivity index is 1.35. The van der Waals surface area contributed by atoms with Gasteiger partial charge in [-0.25, -0.2) is 4.98 Å². The summed E-state index contributed by atoms with van der Waals surface area (Å²) in [6.45, 7) is 7.11. The number of nitrogens with zero attached hydrogens (tertiary/aromatic N) is 5.